The van der Waals surface area contributed by atoms with Gasteiger partial charge < -0.3 is 5.32 Å². The zero-order valence-corrected chi connectivity index (χ0v) is 11.3. The van der Waals surface area contributed by atoms with Gasteiger partial charge in [-0.2, -0.15) is 0 Å². The second-order valence-electron chi connectivity index (χ2n) is 3.89. The maximum absolute atomic E-state index is 4.38. The summed E-state index contributed by atoms with van der Waals surface area (Å²) in [7, 11) is 0. The van der Waals surface area contributed by atoms with Crippen molar-refractivity contribution in [1.29, 1.82) is 0 Å². The first-order valence-corrected chi connectivity index (χ1v) is 7.10. The maximum atomic E-state index is 4.38. The Morgan fingerprint density at radius 2 is 2.00 bits per heavy atom. The van der Waals surface area contributed by atoms with Crippen molar-refractivity contribution in [3.63, 3.8) is 0 Å². The molecule has 0 spiro atoms. The van der Waals surface area contributed by atoms with Gasteiger partial charge in [0, 0.05) is 30.3 Å². The Labute approximate surface area is 112 Å². The third kappa shape index (κ3) is 3.74. The van der Waals surface area contributed by atoms with Crippen LogP contribution in [0.1, 0.15) is 18.9 Å². The highest BCUT2D eigenvalue weighted by molar-refractivity contribution is 7.98. The number of pyridine rings is 2. The summed E-state index contributed by atoms with van der Waals surface area (Å²) in [5.41, 5.74) is 1.22. The normalized spacial score (nSPS) is 10.3. The molecule has 2 rings (SSSR count). The molecule has 4 heteroatoms. The SMILES string of the molecule is CCCNc1ncccc1CSc1ccccn1. The number of hydrogen-bond donors (Lipinski definition) is 1. The minimum atomic E-state index is 0.886. The first-order chi connectivity index (χ1) is 8.90. The van der Waals surface area contributed by atoms with Crippen molar-refractivity contribution in [3.05, 3.63) is 48.3 Å². The Kier molecular flexibility index (Phi) is 5.02. The lowest BCUT2D eigenvalue weighted by atomic mass is 10.3. The van der Waals surface area contributed by atoms with Gasteiger partial charge in [-0.05, 0) is 24.6 Å². The van der Waals surface area contributed by atoms with E-state index in [9.17, 15) is 0 Å². The highest BCUT2D eigenvalue weighted by Crippen LogP contribution is 2.23. The highest BCUT2D eigenvalue weighted by atomic mass is 32.2. The van der Waals surface area contributed by atoms with Gasteiger partial charge in [0.05, 0.1) is 5.03 Å². The van der Waals surface area contributed by atoms with Crippen LogP contribution in [0, 0.1) is 0 Å². The molecule has 0 saturated heterocycles. The fourth-order valence-electron chi connectivity index (χ4n) is 1.54. The fraction of sp³-hybridized carbons (Fsp3) is 0.286. The lowest BCUT2D eigenvalue weighted by Crippen LogP contribution is -2.04. The average Bonchev–Trinajstić information content (AvgIpc) is 2.45. The molecule has 18 heavy (non-hydrogen) atoms. The van der Waals surface area contributed by atoms with Crippen molar-refractivity contribution in [1.82, 2.24) is 9.97 Å². The van der Waals surface area contributed by atoms with Crippen molar-refractivity contribution in [2.75, 3.05) is 11.9 Å². The van der Waals surface area contributed by atoms with Crippen molar-refractivity contribution in [2.24, 2.45) is 0 Å². The second kappa shape index (κ2) is 7.01. The molecule has 0 aliphatic heterocycles. The van der Waals surface area contributed by atoms with Crippen LogP contribution in [0.15, 0.2) is 47.8 Å². The van der Waals surface area contributed by atoms with Gasteiger partial charge in [0.15, 0.2) is 0 Å². The second-order valence-corrected chi connectivity index (χ2v) is 4.89. The molecule has 0 bridgehead atoms. The van der Waals surface area contributed by atoms with Crippen molar-refractivity contribution in [2.45, 2.75) is 24.1 Å². The predicted octanol–water partition coefficient (Wildman–Crippen LogP) is 3.59. The van der Waals surface area contributed by atoms with E-state index in [1.165, 1.54) is 5.56 Å². The van der Waals surface area contributed by atoms with Gasteiger partial charge in [-0.3, -0.25) is 0 Å². The van der Waals surface area contributed by atoms with Gasteiger partial charge in [0.25, 0.3) is 0 Å². The largest absolute Gasteiger partial charge is 0.370 e. The Bertz CT molecular complexity index is 473. The molecule has 2 aromatic rings. The van der Waals surface area contributed by atoms with Crippen molar-refractivity contribution < 1.29 is 0 Å². The number of thioether (sulfide) groups is 1. The lowest BCUT2D eigenvalue weighted by molar-refractivity contribution is 0.965. The van der Waals surface area contributed by atoms with E-state index in [0.717, 1.165) is 29.6 Å². The van der Waals surface area contributed by atoms with Crippen molar-refractivity contribution in [3.8, 4) is 0 Å². The third-order valence-electron chi connectivity index (χ3n) is 2.45. The highest BCUT2D eigenvalue weighted by Gasteiger charge is 2.03. The number of hydrogen-bond acceptors (Lipinski definition) is 4. The molecule has 0 radical (unpaired) electrons. The summed E-state index contributed by atoms with van der Waals surface area (Å²) < 4.78 is 0. The maximum Gasteiger partial charge on any atom is 0.129 e. The van der Waals surface area contributed by atoms with E-state index in [4.69, 9.17) is 0 Å². The molecule has 0 atom stereocenters. The van der Waals surface area contributed by atoms with Crippen LogP contribution in [0.4, 0.5) is 5.82 Å². The quantitative estimate of drug-likeness (QED) is 0.804. The smallest absolute Gasteiger partial charge is 0.129 e. The molecule has 1 N–H and O–H groups in total. The Morgan fingerprint density at radius 1 is 1.11 bits per heavy atom. The molecule has 0 aromatic carbocycles. The predicted molar refractivity (Wildman–Crippen MR) is 76.8 cm³/mol. The molecule has 2 heterocycles. The van der Waals surface area contributed by atoms with Crippen LogP contribution in [0.2, 0.25) is 0 Å². The molecule has 0 unspecified atom stereocenters. The van der Waals surface area contributed by atoms with Gasteiger partial charge in [-0.15, -0.1) is 11.8 Å². The molecule has 0 aliphatic carbocycles. The van der Waals surface area contributed by atoms with Crippen LogP contribution in [-0.4, -0.2) is 16.5 Å². The molecule has 3 nitrogen and oxygen atoms in total. The molecular weight excluding hydrogens is 242 g/mol. The van der Waals surface area contributed by atoms with Gasteiger partial charge in [-0.25, -0.2) is 9.97 Å². The number of rotatable bonds is 6. The minimum Gasteiger partial charge on any atom is -0.370 e. The summed E-state index contributed by atoms with van der Waals surface area (Å²) in [5, 5.41) is 4.40. The van der Waals surface area contributed by atoms with Gasteiger partial charge in [-0.1, -0.05) is 19.1 Å². The molecule has 2 aromatic heterocycles. The number of aromatic nitrogens is 2. The number of anilines is 1. The van der Waals surface area contributed by atoms with Crippen LogP contribution in [0.5, 0.6) is 0 Å². The Hall–Kier alpha value is -1.55. The van der Waals surface area contributed by atoms with E-state index in [0.29, 0.717) is 0 Å². The number of nitrogens with zero attached hydrogens (tertiary/aromatic N) is 2. The fourth-order valence-corrected chi connectivity index (χ4v) is 2.39. The monoisotopic (exact) mass is 259 g/mol. The van der Waals surface area contributed by atoms with Crippen LogP contribution in [-0.2, 0) is 5.75 Å². The van der Waals surface area contributed by atoms with E-state index < -0.39 is 0 Å². The summed E-state index contributed by atoms with van der Waals surface area (Å²) in [6.45, 7) is 3.11. The Balaban J connectivity index is 2.00. The van der Waals surface area contributed by atoms with Crippen LogP contribution in [0.25, 0.3) is 0 Å². The molecule has 94 valence electrons. The van der Waals surface area contributed by atoms with Gasteiger partial charge in [0.2, 0.25) is 0 Å². The lowest BCUT2D eigenvalue weighted by Gasteiger charge is -2.09. The standard InChI is InChI=1S/C14H17N3S/c1-2-8-16-14-12(6-5-10-17-14)11-18-13-7-3-4-9-15-13/h3-7,9-10H,2,8,11H2,1H3,(H,16,17). The average molecular weight is 259 g/mol. The molecular formula is C14H17N3S. The van der Waals surface area contributed by atoms with Crippen LogP contribution >= 0.6 is 11.8 Å². The van der Waals surface area contributed by atoms with Gasteiger partial charge >= 0.3 is 0 Å². The van der Waals surface area contributed by atoms with Crippen LogP contribution < -0.4 is 5.32 Å². The van der Waals surface area contributed by atoms with Crippen LogP contribution in [0.3, 0.4) is 0 Å². The Morgan fingerprint density at radius 3 is 2.78 bits per heavy atom. The third-order valence-corrected chi connectivity index (χ3v) is 3.44. The zero-order valence-electron chi connectivity index (χ0n) is 10.5. The summed E-state index contributed by atoms with van der Waals surface area (Å²) in [6.07, 6.45) is 4.75. The van der Waals surface area contributed by atoms with E-state index in [1.807, 2.05) is 36.7 Å². The topological polar surface area (TPSA) is 37.8 Å². The molecule has 0 saturated carbocycles. The van der Waals surface area contributed by atoms with E-state index in [-0.39, 0.29) is 0 Å². The van der Waals surface area contributed by atoms with Crippen molar-refractivity contribution >= 4 is 17.6 Å². The first-order valence-electron chi connectivity index (χ1n) is 6.11. The molecule has 0 aliphatic rings. The van der Waals surface area contributed by atoms with Gasteiger partial charge in [0.1, 0.15) is 5.82 Å². The zero-order chi connectivity index (χ0) is 12.6. The minimum absolute atomic E-state index is 0.886. The van der Waals surface area contributed by atoms with E-state index >= 15 is 0 Å². The van der Waals surface area contributed by atoms with E-state index in [2.05, 4.69) is 28.3 Å². The summed E-state index contributed by atoms with van der Waals surface area (Å²) >= 11 is 1.73. The number of nitrogens with one attached hydrogen (secondary N) is 1. The summed E-state index contributed by atoms with van der Waals surface area (Å²) in [4.78, 5) is 8.69. The first kappa shape index (κ1) is 12.9. The molecule has 0 amide bonds. The molecule has 0 fully saturated rings. The summed E-state index contributed by atoms with van der Waals surface area (Å²) in [6, 6.07) is 10.1. The summed E-state index contributed by atoms with van der Waals surface area (Å²) in [5.74, 6) is 1.87. The van der Waals surface area contributed by atoms with E-state index in [1.54, 1.807) is 11.8 Å².